The molecule has 138 valence electrons. The first-order valence-electron chi connectivity index (χ1n) is 8.96. The average molecular weight is 361 g/mol. The van der Waals surface area contributed by atoms with Gasteiger partial charge in [0.05, 0.1) is 30.1 Å². The molecule has 0 saturated carbocycles. The lowest BCUT2D eigenvalue weighted by Crippen LogP contribution is -2.35. The van der Waals surface area contributed by atoms with Gasteiger partial charge >= 0.3 is 6.03 Å². The summed E-state index contributed by atoms with van der Waals surface area (Å²) in [5.41, 5.74) is 3.48. The summed E-state index contributed by atoms with van der Waals surface area (Å²) in [5.74, 6) is 0.574. The second-order valence-electron chi connectivity index (χ2n) is 6.89. The number of allylic oxidation sites excluding steroid dienone is 1. The summed E-state index contributed by atoms with van der Waals surface area (Å²) in [6.45, 7) is 4.14. The van der Waals surface area contributed by atoms with Gasteiger partial charge in [0, 0.05) is 11.0 Å². The molecule has 0 aromatic heterocycles. The van der Waals surface area contributed by atoms with E-state index < -0.39 is 6.03 Å². The van der Waals surface area contributed by atoms with E-state index in [0.717, 1.165) is 24.0 Å². The van der Waals surface area contributed by atoms with Crippen molar-refractivity contribution in [2.24, 2.45) is 5.41 Å². The summed E-state index contributed by atoms with van der Waals surface area (Å²) >= 11 is 0. The van der Waals surface area contributed by atoms with Crippen LogP contribution in [0.15, 0.2) is 54.1 Å². The van der Waals surface area contributed by atoms with Crippen LogP contribution in [-0.4, -0.2) is 13.1 Å². The van der Waals surface area contributed by atoms with E-state index in [9.17, 15) is 10.1 Å². The van der Waals surface area contributed by atoms with E-state index in [1.807, 2.05) is 30.3 Å². The van der Waals surface area contributed by atoms with E-state index in [1.165, 1.54) is 0 Å². The molecule has 0 saturated heterocycles. The fourth-order valence-corrected chi connectivity index (χ4v) is 3.50. The van der Waals surface area contributed by atoms with Gasteiger partial charge in [0.2, 0.25) is 0 Å². The van der Waals surface area contributed by atoms with Crippen LogP contribution < -0.4 is 15.4 Å². The third-order valence-electron chi connectivity index (χ3n) is 5.21. The van der Waals surface area contributed by atoms with Crippen LogP contribution in [0.5, 0.6) is 5.75 Å². The smallest absolute Gasteiger partial charge is 0.323 e. The number of carbonyl (C=O) groups is 1. The van der Waals surface area contributed by atoms with Gasteiger partial charge in [-0.05, 0) is 30.5 Å². The Balaban J connectivity index is 1.97. The predicted octanol–water partition coefficient (Wildman–Crippen LogP) is 4.72. The number of nitrogens with zero attached hydrogens (tertiary/aromatic N) is 1. The Morgan fingerprint density at radius 2 is 1.89 bits per heavy atom. The van der Waals surface area contributed by atoms with E-state index in [2.05, 4.69) is 36.6 Å². The summed E-state index contributed by atoms with van der Waals surface area (Å²) in [4.78, 5) is 12.7. The van der Waals surface area contributed by atoms with Crippen LogP contribution in [0.25, 0.3) is 5.70 Å². The van der Waals surface area contributed by atoms with Gasteiger partial charge in [-0.15, -0.1) is 0 Å². The van der Waals surface area contributed by atoms with Gasteiger partial charge in [-0.2, -0.15) is 5.26 Å². The standard InChI is InChI=1S/C22H23N3O2/c1-4-22(2)13-15-9-5-6-10-16(15)20(17(22)14-23)25-21(26)24-18-11-7-8-12-19(18)27-3/h5-12H,4,13H2,1-3H3,(H2,24,25,26)/t22-/m1/s1. The number of para-hydroxylation sites is 2. The van der Waals surface area contributed by atoms with Crippen LogP contribution >= 0.6 is 0 Å². The molecule has 1 aliphatic rings. The van der Waals surface area contributed by atoms with Crippen molar-refractivity contribution in [3.05, 3.63) is 65.2 Å². The lowest BCUT2D eigenvalue weighted by atomic mass is 9.69. The van der Waals surface area contributed by atoms with E-state index in [4.69, 9.17) is 4.74 Å². The highest BCUT2D eigenvalue weighted by atomic mass is 16.5. The third kappa shape index (κ3) is 3.52. The highest BCUT2D eigenvalue weighted by molar-refractivity contribution is 5.98. The molecule has 3 rings (SSSR count). The van der Waals surface area contributed by atoms with Crippen molar-refractivity contribution in [2.45, 2.75) is 26.7 Å². The minimum atomic E-state index is -0.405. The highest BCUT2D eigenvalue weighted by Crippen LogP contribution is 2.43. The molecule has 5 heteroatoms. The molecular formula is C22H23N3O2. The van der Waals surface area contributed by atoms with Crippen molar-refractivity contribution in [3.63, 3.8) is 0 Å². The molecule has 27 heavy (non-hydrogen) atoms. The summed E-state index contributed by atoms with van der Waals surface area (Å²) in [6, 6.07) is 17.0. The molecule has 0 aliphatic heterocycles. The topological polar surface area (TPSA) is 74.2 Å². The van der Waals surface area contributed by atoms with Crippen molar-refractivity contribution in [1.29, 1.82) is 5.26 Å². The van der Waals surface area contributed by atoms with Crippen molar-refractivity contribution >= 4 is 17.4 Å². The Bertz CT molecular complexity index is 943. The van der Waals surface area contributed by atoms with Crippen molar-refractivity contribution in [1.82, 2.24) is 5.32 Å². The fourth-order valence-electron chi connectivity index (χ4n) is 3.50. The Morgan fingerprint density at radius 1 is 1.19 bits per heavy atom. The number of methoxy groups -OCH3 is 1. The summed E-state index contributed by atoms with van der Waals surface area (Å²) in [5, 5.41) is 15.6. The van der Waals surface area contributed by atoms with Crippen LogP contribution in [-0.2, 0) is 6.42 Å². The van der Waals surface area contributed by atoms with Gasteiger partial charge in [-0.1, -0.05) is 50.2 Å². The van der Waals surface area contributed by atoms with E-state index in [1.54, 1.807) is 19.2 Å². The minimum Gasteiger partial charge on any atom is -0.495 e. The molecule has 5 nitrogen and oxygen atoms in total. The number of ether oxygens (including phenoxy) is 1. The Labute approximate surface area is 159 Å². The van der Waals surface area contributed by atoms with E-state index >= 15 is 0 Å². The Hall–Kier alpha value is -3.26. The third-order valence-corrected chi connectivity index (χ3v) is 5.21. The number of fused-ring (bicyclic) bond motifs is 1. The lowest BCUT2D eigenvalue weighted by Gasteiger charge is -2.35. The second-order valence-corrected chi connectivity index (χ2v) is 6.89. The van der Waals surface area contributed by atoms with Gasteiger partial charge in [0.25, 0.3) is 0 Å². The largest absolute Gasteiger partial charge is 0.495 e. The Kier molecular flexibility index (Phi) is 5.18. The van der Waals surface area contributed by atoms with E-state index in [0.29, 0.717) is 22.7 Å². The van der Waals surface area contributed by atoms with Gasteiger partial charge in [0.1, 0.15) is 5.75 Å². The molecule has 1 aliphatic carbocycles. The summed E-state index contributed by atoms with van der Waals surface area (Å²) in [6.07, 6.45) is 1.59. The quantitative estimate of drug-likeness (QED) is 0.827. The monoisotopic (exact) mass is 361 g/mol. The zero-order chi connectivity index (χ0) is 19.4. The maximum atomic E-state index is 12.7. The van der Waals surface area contributed by atoms with Crippen LogP contribution in [0.4, 0.5) is 10.5 Å². The van der Waals surface area contributed by atoms with Crippen molar-refractivity contribution < 1.29 is 9.53 Å². The molecule has 1 atom stereocenters. The maximum Gasteiger partial charge on any atom is 0.323 e. The first-order chi connectivity index (χ1) is 13.0. The van der Waals surface area contributed by atoms with Gasteiger partial charge in [-0.25, -0.2) is 4.79 Å². The summed E-state index contributed by atoms with van der Waals surface area (Å²) in [7, 11) is 1.55. The number of rotatable bonds is 4. The number of carbonyl (C=O) groups excluding carboxylic acids is 1. The molecule has 2 N–H and O–H groups in total. The number of urea groups is 1. The molecule has 2 aromatic carbocycles. The summed E-state index contributed by atoms with van der Waals surface area (Å²) < 4.78 is 5.28. The predicted molar refractivity (Wildman–Crippen MR) is 106 cm³/mol. The fraction of sp³-hybridized carbons (Fsp3) is 0.273. The van der Waals surface area contributed by atoms with Crippen molar-refractivity contribution in [3.8, 4) is 11.8 Å². The number of anilines is 1. The molecule has 0 unspecified atom stereocenters. The van der Waals surface area contributed by atoms with Crippen LogP contribution in [0.2, 0.25) is 0 Å². The number of hydrogen-bond acceptors (Lipinski definition) is 3. The molecule has 0 spiro atoms. The SMILES string of the molecule is CC[C@]1(C)Cc2ccccc2C(NC(=O)Nc2ccccc2OC)=C1C#N. The molecule has 0 bridgehead atoms. The molecule has 0 heterocycles. The second kappa shape index (κ2) is 7.55. The molecular weight excluding hydrogens is 338 g/mol. The van der Waals surface area contributed by atoms with Crippen LogP contribution in [0.3, 0.4) is 0 Å². The first-order valence-corrected chi connectivity index (χ1v) is 8.96. The Morgan fingerprint density at radius 3 is 2.59 bits per heavy atom. The number of benzene rings is 2. The van der Waals surface area contributed by atoms with Gasteiger partial charge < -0.3 is 15.4 Å². The minimum absolute atomic E-state index is 0.309. The van der Waals surface area contributed by atoms with Crippen LogP contribution in [0, 0.1) is 16.7 Å². The van der Waals surface area contributed by atoms with E-state index in [-0.39, 0.29) is 5.41 Å². The lowest BCUT2D eigenvalue weighted by molar-refractivity contribution is 0.255. The number of nitrogens with one attached hydrogen (secondary N) is 2. The molecule has 2 amide bonds. The van der Waals surface area contributed by atoms with Crippen molar-refractivity contribution in [2.75, 3.05) is 12.4 Å². The number of amides is 2. The van der Waals surface area contributed by atoms with Gasteiger partial charge in [-0.3, -0.25) is 0 Å². The zero-order valence-electron chi connectivity index (χ0n) is 15.8. The molecule has 0 radical (unpaired) electrons. The normalized spacial score (nSPS) is 18.3. The average Bonchev–Trinajstić information content (AvgIpc) is 2.68. The van der Waals surface area contributed by atoms with Gasteiger partial charge in [0.15, 0.2) is 0 Å². The molecule has 0 fully saturated rings. The first kappa shape index (κ1) is 18.5. The number of hydrogen-bond donors (Lipinski definition) is 2. The number of nitriles is 1. The zero-order valence-corrected chi connectivity index (χ0v) is 15.8. The maximum absolute atomic E-state index is 12.7. The molecule has 2 aromatic rings. The van der Waals surface area contributed by atoms with Crippen LogP contribution in [0.1, 0.15) is 31.4 Å². The highest BCUT2D eigenvalue weighted by Gasteiger charge is 2.36.